The lowest BCUT2D eigenvalue weighted by Crippen LogP contribution is -2.04. The Morgan fingerprint density at radius 3 is 2.58 bits per heavy atom. The molecule has 19 heavy (non-hydrogen) atoms. The SMILES string of the molecule is Nc1cc(F)ccc1S(=O)CCSc1ccccc1. The van der Waals surface area contributed by atoms with Crippen molar-refractivity contribution in [3.05, 3.63) is 54.3 Å². The van der Waals surface area contributed by atoms with Crippen molar-refractivity contribution < 1.29 is 8.60 Å². The average Bonchev–Trinajstić information content (AvgIpc) is 2.39. The Bertz CT molecular complexity index is 575. The maximum absolute atomic E-state index is 12.9. The largest absolute Gasteiger partial charge is 0.398 e. The topological polar surface area (TPSA) is 43.1 Å². The Balaban J connectivity index is 1.91. The molecule has 2 aromatic carbocycles. The van der Waals surface area contributed by atoms with Crippen LogP contribution in [0, 0.1) is 5.82 Å². The molecule has 0 fully saturated rings. The van der Waals surface area contributed by atoms with Crippen molar-refractivity contribution in [2.75, 3.05) is 17.2 Å². The molecule has 0 saturated heterocycles. The fraction of sp³-hybridized carbons (Fsp3) is 0.143. The predicted octanol–water partition coefficient (Wildman–Crippen LogP) is 3.31. The minimum Gasteiger partial charge on any atom is -0.398 e. The van der Waals surface area contributed by atoms with Crippen LogP contribution in [-0.2, 0) is 10.8 Å². The van der Waals surface area contributed by atoms with E-state index in [4.69, 9.17) is 5.73 Å². The van der Waals surface area contributed by atoms with Gasteiger partial charge in [0, 0.05) is 16.4 Å². The van der Waals surface area contributed by atoms with Crippen LogP contribution in [0.25, 0.3) is 0 Å². The summed E-state index contributed by atoms with van der Waals surface area (Å²) in [5.74, 6) is 0.819. The fourth-order valence-corrected chi connectivity index (χ4v) is 3.87. The highest BCUT2D eigenvalue weighted by molar-refractivity contribution is 8.00. The molecule has 0 aliphatic rings. The van der Waals surface area contributed by atoms with Gasteiger partial charge in [-0.1, -0.05) is 18.2 Å². The van der Waals surface area contributed by atoms with Gasteiger partial charge in [-0.15, -0.1) is 11.8 Å². The van der Waals surface area contributed by atoms with Gasteiger partial charge in [-0.05, 0) is 30.3 Å². The van der Waals surface area contributed by atoms with Gasteiger partial charge in [0.2, 0.25) is 0 Å². The number of nitrogens with two attached hydrogens (primary N) is 1. The van der Waals surface area contributed by atoms with E-state index in [9.17, 15) is 8.60 Å². The summed E-state index contributed by atoms with van der Waals surface area (Å²) < 4.78 is 25.0. The molecule has 0 spiro atoms. The van der Waals surface area contributed by atoms with E-state index in [0.29, 0.717) is 10.6 Å². The average molecular weight is 295 g/mol. The molecule has 0 saturated carbocycles. The molecule has 0 aliphatic heterocycles. The summed E-state index contributed by atoms with van der Waals surface area (Å²) in [5, 5.41) is 0. The highest BCUT2D eigenvalue weighted by Gasteiger charge is 2.08. The van der Waals surface area contributed by atoms with Gasteiger partial charge in [0.05, 0.1) is 21.4 Å². The van der Waals surface area contributed by atoms with Gasteiger partial charge < -0.3 is 5.73 Å². The Labute approximate surface area is 118 Å². The van der Waals surface area contributed by atoms with E-state index in [0.717, 1.165) is 10.6 Å². The Kier molecular flexibility index (Phi) is 4.99. The molecule has 0 amide bonds. The molecule has 2 aromatic rings. The van der Waals surface area contributed by atoms with Crippen molar-refractivity contribution in [3.63, 3.8) is 0 Å². The number of rotatable bonds is 5. The molecular formula is C14H14FNOS2. The summed E-state index contributed by atoms with van der Waals surface area (Å²) in [6, 6.07) is 13.9. The summed E-state index contributed by atoms with van der Waals surface area (Å²) in [4.78, 5) is 1.65. The van der Waals surface area contributed by atoms with Crippen molar-refractivity contribution in [2.24, 2.45) is 0 Å². The standard InChI is InChI=1S/C14H14FNOS2/c15-11-6-7-14(13(16)10-11)19(17)9-8-18-12-4-2-1-3-5-12/h1-7,10H,8-9,16H2. The van der Waals surface area contributed by atoms with Gasteiger partial charge in [-0.25, -0.2) is 4.39 Å². The molecule has 2 nitrogen and oxygen atoms in total. The normalized spacial score (nSPS) is 12.3. The summed E-state index contributed by atoms with van der Waals surface area (Å²) in [7, 11) is -1.19. The molecule has 2 rings (SSSR count). The first kappa shape index (κ1) is 14.1. The smallest absolute Gasteiger partial charge is 0.125 e. The molecule has 0 heterocycles. The molecule has 0 bridgehead atoms. The van der Waals surface area contributed by atoms with Crippen molar-refractivity contribution in [2.45, 2.75) is 9.79 Å². The van der Waals surface area contributed by atoms with Gasteiger partial charge in [0.1, 0.15) is 5.82 Å². The molecule has 0 aliphatic carbocycles. The second kappa shape index (κ2) is 6.73. The summed E-state index contributed by atoms with van der Waals surface area (Å²) >= 11 is 1.64. The van der Waals surface area contributed by atoms with Crippen molar-refractivity contribution in [3.8, 4) is 0 Å². The lowest BCUT2D eigenvalue weighted by molar-refractivity contribution is 0.627. The maximum Gasteiger partial charge on any atom is 0.125 e. The van der Waals surface area contributed by atoms with Crippen molar-refractivity contribution >= 4 is 28.2 Å². The van der Waals surface area contributed by atoms with E-state index in [1.165, 1.54) is 18.2 Å². The molecule has 100 valence electrons. The van der Waals surface area contributed by atoms with E-state index in [-0.39, 0.29) is 5.69 Å². The van der Waals surface area contributed by atoms with Crippen LogP contribution in [0.2, 0.25) is 0 Å². The monoisotopic (exact) mass is 295 g/mol. The predicted molar refractivity (Wildman–Crippen MR) is 79.3 cm³/mol. The second-order valence-corrected chi connectivity index (χ2v) is 6.60. The fourth-order valence-electron chi connectivity index (χ4n) is 1.59. The number of hydrogen-bond donors (Lipinski definition) is 1. The third-order valence-corrected chi connectivity index (χ3v) is 5.21. The van der Waals surface area contributed by atoms with E-state index in [2.05, 4.69) is 0 Å². The summed E-state index contributed by atoms with van der Waals surface area (Å²) in [6.45, 7) is 0. The third kappa shape index (κ3) is 4.08. The number of nitrogen functional groups attached to an aromatic ring is 1. The Morgan fingerprint density at radius 2 is 1.89 bits per heavy atom. The molecule has 5 heteroatoms. The highest BCUT2D eigenvalue weighted by atomic mass is 32.2. The third-order valence-electron chi connectivity index (χ3n) is 2.50. The maximum atomic E-state index is 12.9. The van der Waals surface area contributed by atoms with Gasteiger partial charge in [-0.3, -0.25) is 4.21 Å². The molecule has 1 atom stereocenters. The summed E-state index contributed by atoms with van der Waals surface area (Å²) in [5.41, 5.74) is 5.92. The first-order valence-corrected chi connectivity index (χ1v) is 8.08. The number of benzene rings is 2. The lowest BCUT2D eigenvalue weighted by Gasteiger charge is -2.06. The van der Waals surface area contributed by atoms with E-state index >= 15 is 0 Å². The van der Waals surface area contributed by atoms with Crippen LogP contribution in [0.4, 0.5) is 10.1 Å². The summed E-state index contributed by atoms with van der Waals surface area (Å²) in [6.07, 6.45) is 0. The van der Waals surface area contributed by atoms with Gasteiger partial charge in [-0.2, -0.15) is 0 Å². The first-order valence-electron chi connectivity index (χ1n) is 5.78. The Morgan fingerprint density at radius 1 is 1.16 bits per heavy atom. The Hall–Kier alpha value is -1.33. The van der Waals surface area contributed by atoms with Gasteiger partial charge >= 0.3 is 0 Å². The van der Waals surface area contributed by atoms with Crippen LogP contribution in [0.1, 0.15) is 0 Å². The zero-order valence-electron chi connectivity index (χ0n) is 10.2. The van der Waals surface area contributed by atoms with E-state index in [1.54, 1.807) is 11.8 Å². The minimum absolute atomic E-state index is 0.253. The molecular weight excluding hydrogens is 281 g/mol. The van der Waals surface area contributed by atoms with Crippen LogP contribution in [0.3, 0.4) is 0 Å². The van der Waals surface area contributed by atoms with Crippen LogP contribution >= 0.6 is 11.8 Å². The van der Waals surface area contributed by atoms with Gasteiger partial charge in [0.25, 0.3) is 0 Å². The molecule has 2 N–H and O–H groups in total. The minimum atomic E-state index is -1.19. The van der Waals surface area contributed by atoms with Crippen molar-refractivity contribution in [1.29, 1.82) is 0 Å². The highest BCUT2D eigenvalue weighted by Crippen LogP contribution is 2.21. The lowest BCUT2D eigenvalue weighted by atomic mass is 10.3. The zero-order valence-corrected chi connectivity index (χ0v) is 11.8. The number of hydrogen-bond acceptors (Lipinski definition) is 3. The van der Waals surface area contributed by atoms with Crippen molar-refractivity contribution in [1.82, 2.24) is 0 Å². The quantitative estimate of drug-likeness (QED) is 0.680. The second-order valence-electron chi connectivity index (χ2n) is 3.89. The molecule has 0 radical (unpaired) electrons. The number of anilines is 1. The van der Waals surface area contributed by atoms with E-state index < -0.39 is 16.6 Å². The molecule has 0 aromatic heterocycles. The number of thioether (sulfide) groups is 1. The number of halogens is 1. The van der Waals surface area contributed by atoms with E-state index in [1.807, 2.05) is 30.3 Å². The van der Waals surface area contributed by atoms with Gasteiger partial charge in [0.15, 0.2) is 0 Å². The van der Waals surface area contributed by atoms with Crippen LogP contribution in [0.5, 0.6) is 0 Å². The van der Waals surface area contributed by atoms with Crippen LogP contribution in [-0.4, -0.2) is 15.7 Å². The van der Waals surface area contributed by atoms with Crippen LogP contribution in [0.15, 0.2) is 58.3 Å². The first-order chi connectivity index (χ1) is 9.16. The van der Waals surface area contributed by atoms with Crippen LogP contribution < -0.4 is 5.73 Å². The molecule has 1 unspecified atom stereocenters. The zero-order chi connectivity index (χ0) is 13.7.